The highest BCUT2D eigenvalue weighted by Crippen LogP contribution is 2.11. The number of aliphatic imine (C=N–C) groups is 1. The summed E-state index contributed by atoms with van der Waals surface area (Å²) in [7, 11) is 2.14. The van der Waals surface area contributed by atoms with Gasteiger partial charge in [0.25, 0.3) is 0 Å². The molecule has 2 N–H and O–H groups in total. The molecule has 0 aliphatic carbocycles. The van der Waals surface area contributed by atoms with E-state index in [1.54, 1.807) is 0 Å². The van der Waals surface area contributed by atoms with Crippen LogP contribution in [0.1, 0.15) is 36.1 Å². The molecule has 164 valence electrons. The van der Waals surface area contributed by atoms with Gasteiger partial charge in [-0.3, -0.25) is 4.68 Å². The highest BCUT2D eigenvalue weighted by molar-refractivity contribution is 5.79. The molecule has 2 aromatic carbocycles. The summed E-state index contributed by atoms with van der Waals surface area (Å²) in [5, 5.41) is 11.2. The van der Waals surface area contributed by atoms with Gasteiger partial charge in [0.2, 0.25) is 0 Å². The van der Waals surface area contributed by atoms with Crippen molar-refractivity contribution < 1.29 is 0 Å². The van der Waals surface area contributed by atoms with Gasteiger partial charge in [-0.25, -0.2) is 4.99 Å². The Balaban J connectivity index is 1.64. The van der Waals surface area contributed by atoms with E-state index in [4.69, 9.17) is 4.99 Å². The number of hydrogen-bond donors (Lipinski definition) is 2. The molecule has 6 heteroatoms. The van der Waals surface area contributed by atoms with Crippen LogP contribution in [0.3, 0.4) is 0 Å². The van der Waals surface area contributed by atoms with Gasteiger partial charge in [0.15, 0.2) is 5.96 Å². The van der Waals surface area contributed by atoms with Gasteiger partial charge >= 0.3 is 0 Å². The molecule has 31 heavy (non-hydrogen) atoms. The number of benzene rings is 2. The van der Waals surface area contributed by atoms with Crippen molar-refractivity contribution in [2.45, 2.75) is 40.0 Å². The Kier molecular flexibility index (Phi) is 8.67. The molecule has 0 unspecified atom stereocenters. The monoisotopic (exact) mass is 418 g/mol. The first kappa shape index (κ1) is 22.6. The summed E-state index contributed by atoms with van der Waals surface area (Å²) in [6.45, 7) is 9.20. The van der Waals surface area contributed by atoms with Crippen LogP contribution >= 0.6 is 0 Å². The fourth-order valence-corrected chi connectivity index (χ4v) is 3.39. The zero-order valence-electron chi connectivity index (χ0n) is 18.9. The minimum absolute atomic E-state index is 0.647. The van der Waals surface area contributed by atoms with Crippen LogP contribution in [0, 0.1) is 0 Å². The van der Waals surface area contributed by atoms with Crippen molar-refractivity contribution in [1.29, 1.82) is 0 Å². The van der Waals surface area contributed by atoms with Gasteiger partial charge < -0.3 is 15.5 Å². The molecule has 0 saturated heterocycles. The SMILES string of the molecule is CCNC(=NCc1cccc(CN(C)CC)c1)NCc1ccccc1Cn1cccn1. The maximum atomic E-state index is 4.81. The van der Waals surface area contributed by atoms with Crippen LogP contribution in [0.25, 0.3) is 0 Å². The molecule has 0 amide bonds. The molecule has 0 spiro atoms. The Morgan fingerprint density at radius 2 is 1.81 bits per heavy atom. The van der Waals surface area contributed by atoms with Crippen LogP contribution in [-0.2, 0) is 26.2 Å². The summed E-state index contributed by atoms with van der Waals surface area (Å²) < 4.78 is 1.95. The molecule has 3 rings (SSSR count). The third-order valence-electron chi connectivity index (χ3n) is 5.20. The lowest BCUT2D eigenvalue weighted by Crippen LogP contribution is -2.37. The first-order valence-electron chi connectivity index (χ1n) is 11.0. The van der Waals surface area contributed by atoms with Gasteiger partial charge in [-0.15, -0.1) is 0 Å². The van der Waals surface area contributed by atoms with Gasteiger partial charge in [0.1, 0.15) is 0 Å². The predicted molar refractivity (Wildman–Crippen MR) is 128 cm³/mol. The molecular weight excluding hydrogens is 384 g/mol. The maximum Gasteiger partial charge on any atom is 0.191 e. The van der Waals surface area contributed by atoms with Gasteiger partial charge in [0, 0.05) is 32.0 Å². The second kappa shape index (κ2) is 11.9. The van der Waals surface area contributed by atoms with Gasteiger partial charge in [-0.1, -0.05) is 55.5 Å². The van der Waals surface area contributed by atoms with E-state index >= 15 is 0 Å². The van der Waals surface area contributed by atoms with Gasteiger partial charge in [0.05, 0.1) is 13.1 Å². The molecule has 0 bridgehead atoms. The largest absolute Gasteiger partial charge is 0.357 e. The predicted octanol–water partition coefficient (Wildman–Crippen LogP) is 3.64. The standard InChI is InChI=1S/C25H34N6/c1-4-26-25(27-17-21-10-8-11-22(16-21)19-30(3)5-2)28-18-23-12-6-7-13-24(23)20-31-15-9-14-29-31/h6-16H,4-5,17-20H2,1-3H3,(H2,26,27,28). The zero-order chi connectivity index (χ0) is 21.9. The van der Waals surface area contributed by atoms with Crippen LogP contribution < -0.4 is 10.6 Å². The highest BCUT2D eigenvalue weighted by atomic mass is 15.3. The molecule has 0 aliphatic rings. The maximum absolute atomic E-state index is 4.81. The summed E-state index contributed by atoms with van der Waals surface area (Å²) in [5.41, 5.74) is 5.04. The molecule has 0 radical (unpaired) electrons. The van der Waals surface area contributed by atoms with Crippen LogP contribution in [-0.4, -0.2) is 40.8 Å². The van der Waals surface area contributed by atoms with E-state index in [1.807, 2.05) is 23.1 Å². The third-order valence-corrected chi connectivity index (χ3v) is 5.20. The average Bonchev–Trinajstić information content (AvgIpc) is 3.30. The number of nitrogens with zero attached hydrogens (tertiary/aromatic N) is 4. The van der Waals surface area contributed by atoms with Crippen molar-refractivity contribution in [2.75, 3.05) is 20.1 Å². The molecule has 0 atom stereocenters. The molecule has 0 fully saturated rings. The number of nitrogens with one attached hydrogen (secondary N) is 2. The van der Waals surface area contributed by atoms with Crippen molar-refractivity contribution in [3.63, 3.8) is 0 Å². The average molecular weight is 419 g/mol. The van der Waals surface area contributed by atoms with Crippen LogP contribution in [0.15, 0.2) is 72.0 Å². The number of rotatable bonds is 10. The molecular formula is C25H34N6. The Bertz CT molecular complexity index is 948. The summed E-state index contributed by atoms with van der Waals surface area (Å²) in [5.74, 6) is 0.826. The smallest absolute Gasteiger partial charge is 0.191 e. The summed E-state index contributed by atoms with van der Waals surface area (Å²) in [6, 6.07) is 19.1. The topological polar surface area (TPSA) is 57.5 Å². The Labute approximate surface area is 186 Å². The Morgan fingerprint density at radius 1 is 1.00 bits per heavy atom. The van der Waals surface area contributed by atoms with E-state index in [1.165, 1.54) is 22.3 Å². The van der Waals surface area contributed by atoms with E-state index in [9.17, 15) is 0 Å². The molecule has 6 nitrogen and oxygen atoms in total. The quantitative estimate of drug-likeness (QED) is 0.390. The minimum Gasteiger partial charge on any atom is -0.357 e. The lowest BCUT2D eigenvalue weighted by molar-refractivity contribution is 0.345. The molecule has 3 aromatic rings. The van der Waals surface area contributed by atoms with Crippen molar-refractivity contribution in [2.24, 2.45) is 4.99 Å². The minimum atomic E-state index is 0.647. The molecule has 1 aromatic heterocycles. The lowest BCUT2D eigenvalue weighted by atomic mass is 10.1. The Morgan fingerprint density at radius 3 is 2.55 bits per heavy atom. The van der Waals surface area contributed by atoms with Crippen molar-refractivity contribution >= 4 is 5.96 Å². The van der Waals surface area contributed by atoms with Gasteiger partial charge in [-0.2, -0.15) is 5.10 Å². The first-order chi connectivity index (χ1) is 15.2. The lowest BCUT2D eigenvalue weighted by Gasteiger charge is -2.15. The van der Waals surface area contributed by atoms with E-state index in [2.05, 4.69) is 90.1 Å². The molecule has 1 heterocycles. The highest BCUT2D eigenvalue weighted by Gasteiger charge is 2.05. The van der Waals surface area contributed by atoms with Crippen LogP contribution in [0.5, 0.6) is 0 Å². The number of guanidine groups is 1. The molecule has 0 saturated carbocycles. The van der Waals surface area contributed by atoms with Crippen molar-refractivity contribution in [3.8, 4) is 0 Å². The van der Waals surface area contributed by atoms with E-state index in [-0.39, 0.29) is 0 Å². The second-order valence-corrected chi connectivity index (χ2v) is 7.67. The summed E-state index contributed by atoms with van der Waals surface area (Å²) in [4.78, 5) is 7.11. The van der Waals surface area contributed by atoms with E-state index in [0.29, 0.717) is 13.1 Å². The summed E-state index contributed by atoms with van der Waals surface area (Å²) in [6.07, 6.45) is 3.80. The normalized spacial score (nSPS) is 11.7. The first-order valence-corrected chi connectivity index (χ1v) is 11.0. The number of hydrogen-bond acceptors (Lipinski definition) is 3. The van der Waals surface area contributed by atoms with Crippen molar-refractivity contribution in [1.82, 2.24) is 25.3 Å². The van der Waals surface area contributed by atoms with Gasteiger partial charge in [-0.05, 0) is 48.8 Å². The molecule has 0 aliphatic heterocycles. The summed E-state index contributed by atoms with van der Waals surface area (Å²) >= 11 is 0. The van der Waals surface area contributed by atoms with Crippen molar-refractivity contribution in [3.05, 3.63) is 89.2 Å². The van der Waals surface area contributed by atoms with E-state index in [0.717, 1.165) is 32.1 Å². The Hall–Kier alpha value is -3.12. The third kappa shape index (κ3) is 7.26. The van der Waals surface area contributed by atoms with E-state index < -0.39 is 0 Å². The van der Waals surface area contributed by atoms with Crippen LogP contribution in [0.4, 0.5) is 0 Å². The number of aromatic nitrogens is 2. The fraction of sp³-hybridized carbons (Fsp3) is 0.360. The fourth-order valence-electron chi connectivity index (χ4n) is 3.39. The zero-order valence-corrected chi connectivity index (χ0v) is 18.9. The second-order valence-electron chi connectivity index (χ2n) is 7.67. The van der Waals surface area contributed by atoms with Crippen LogP contribution in [0.2, 0.25) is 0 Å².